The largest absolute Gasteiger partial charge is 0.348 e. The Kier molecular flexibility index (Phi) is 4.76. The highest BCUT2D eigenvalue weighted by molar-refractivity contribution is 7.12. The summed E-state index contributed by atoms with van der Waals surface area (Å²) in [6, 6.07) is 13.1. The third kappa shape index (κ3) is 3.45. The number of amides is 2. The van der Waals surface area contributed by atoms with Gasteiger partial charge in [-0.25, -0.2) is 0 Å². The van der Waals surface area contributed by atoms with E-state index in [1.165, 1.54) is 11.3 Å². The minimum atomic E-state index is -0.365. The zero-order chi connectivity index (χ0) is 16.2. The Morgan fingerprint density at radius 3 is 2.70 bits per heavy atom. The van der Waals surface area contributed by atoms with Gasteiger partial charge in [0.2, 0.25) is 5.91 Å². The van der Waals surface area contributed by atoms with Gasteiger partial charge in [-0.15, -0.1) is 11.3 Å². The number of carbonyl (C=O) groups is 2. The molecule has 0 spiro atoms. The van der Waals surface area contributed by atoms with E-state index in [9.17, 15) is 9.59 Å². The maximum atomic E-state index is 12.6. The first-order chi connectivity index (χ1) is 11.2. The van der Waals surface area contributed by atoms with Gasteiger partial charge < -0.3 is 10.2 Å². The molecule has 0 saturated carbocycles. The topological polar surface area (TPSA) is 49.4 Å². The average Bonchev–Trinajstić information content (AvgIpc) is 3.26. The molecule has 3 rings (SSSR count). The number of thiophene rings is 1. The van der Waals surface area contributed by atoms with Gasteiger partial charge in [0.05, 0.1) is 10.9 Å². The molecule has 1 fully saturated rings. The molecule has 0 unspecified atom stereocenters. The highest BCUT2D eigenvalue weighted by Crippen LogP contribution is 2.23. The van der Waals surface area contributed by atoms with Crippen molar-refractivity contribution in [2.75, 3.05) is 6.54 Å². The van der Waals surface area contributed by atoms with E-state index >= 15 is 0 Å². The van der Waals surface area contributed by atoms with Crippen molar-refractivity contribution in [1.82, 2.24) is 10.2 Å². The Morgan fingerprint density at radius 2 is 2.00 bits per heavy atom. The van der Waals surface area contributed by atoms with Crippen LogP contribution in [0.5, 0.6) is 0 Å². The number of hydrogen-bond acceptors (Lipinski definition) is 3. The number of likely N-dealkylation sites (tertiary alicyclic amines) is 1. The number of hydrogen-bond donors (Lipinski definition) is 1. The van der Waals surface area contributed by atoms with E-state index in [1.807, 2.05) is 54.8 Å². The summed E-state index contributed by atoms with van der Waals surface area (Å²) in [4.78, 5) is 27.5. The van der Waals surface area contributed by atoms with Gasteiger partial charge in [0.1, 0.15) is 6.04 Å². The third-order valence-electron chi connectivity index (χ3n) is 4.21. The molecular formula is C18H20N2O2S. The molecule has 1 aromatic heterocycles. The van der Waals surface area contributed by atoms with Gasteiger partial charge in [-0.3, -0.25) is 9.59 Å². The second-order valence-electron chi connectivity index (χ2n) is 5.77. The predicted octanol–water partition coefficient (Wildman–Crippen LogP) is 3.23. The quantitative estimate of drug-likeness (QED) is 0.937. The van der Waals surface area contributed by atoms with Crippen molar-refractivity contribution in [3.8, 4) is 0 Å². The third-order valence-corrected chi connectivity index (χ3v) is 5.06. The first-order valence-corrected chi connectivity index (χ1v) is 8.74. The molecule has 4 nitrogen and oxygen atoms in total. The summed E-state index contributed by atoms with van der Waals surface area (Å²) in [6.07, 6.45) is 1.60. The van der Waals surface area contributed by atoms with Gasteiger partial charge in [-0.2, -0.15) is 0 Å². The van der Waals surface area contributed by atoms with Crippen molar-refractivity contribution < 1.29 is 9.59 Å². The predicted molar refractivity (Wildman–Crippen MR) is 91.4 cm³/mol. The Morgan fingerprint density at radius 1 is 1.22 bits per heavy atom. The van der Waals surface area contributed by atoms with Crippen LogP contribution in [0.15, 0.2) is 47.8 Å². The van der Waals surface area contributed by atoms with E-state index in [0.717, 1.165) is 18.4 Å². The maximum Gasteiger partial charge on any atom is 0.264 e. The Hall–Kier alpha value is -2.14. The molecule has 1 saturated heterocycles. The molecule has 0 aliphatic carbocycles. The van der Waals surface area contributed by atoms with Gasteiger partial charge in [0.15, 0.2) is 0 Å². The Bertz CT molecular complexity index is 670. The molecule has 2 atom stereocenters. The van der Waals surface area contributed by atoms with E-state index in [1.54, 1.807) is 4.90 Å². The highest BCUT2D eigenvalue weighted by Gasteiger charge is 2.35. The van der Waals surface area contributed by atoms with Crippen LogP contribution in [0, 0.1) is 0 Å². The lowest BCUT2D eigenvalue weighted by molar-refractivity contribution is -0.125. The van der Waals surface area contributed by atoms with Gasteiger partial charge in [0, 0.05) is 6.54 Å². The number of rotatable bonds is 4. The zero-order valence-corrected chi connectivity index (χ0v) is 13.9. The van der Waals surface area contributed by atoms with Crippen LogP contribution in [0.2, 0.25) is 0 Å². The number of benzene rings is 1. The first-order valence-electron chi connectivity index (χ1n) is 7.86. The van der Waals surface area contributed by atoms with E-state index in [2.05, 4.69) is 5.32 Å². The summed E-state index contributed by atoms with van der Waals surface area (Å²) in [6.45, 7) is 2.61. The Balaban J connectivity index is 1.67. The summed E-state index contributed by atoms with van der Waals surface area (Å²) >= 11 is 1.42. The summed E-state index contributed by atoms with van der Waals surface area (Å²) in [5.74, 6) is -0.103. The lowest BCUT2D eigenvalue weighted by Gasteiger charge is -2.25. The smallest absolute Gasteiger partial charge is 0.264 e. The molecular weight excluding hydrogens is 308 g/mol. The molecule has 1 N–H and O–H groups in total. The van der Waals surface area contributed by atoms with Gasteiger partial charge in [-0.1, -0.05) is 36.4 Å². The molecule has 1 aliphatic rings. The summed E-state index contributed by atoms with van der Waals surface area (Å²) < 4.78 is 0. The highest BCUT2D eigenvalue weighted by atomic mass is 32.1. The fraction of sp³-hybridized carbons (Fsp3) is 0.333. The molecule has 120 valence electrons. The van der Waals surface area contributed by atoms with Crippen molar-refractivity contribution in [1.29, 1.82) is 0 Å². The molecule has 1 aliphatic heterocycles. The standard InChI is InChI=1S/C18H20N2O2S/c1-13(14-7-3-2-4-8-14)19-17(21)15-9-5-11-20(15)18(22)16-10-6-12-23-16/h2-4,6-8,10,12-13,15H,5,9,11H2,1H3,(H,19,21)/t13-,15-/m0/s1. The summed E-state index contributed by atoms with van der Waals surface area (Å²) in [5, 5.41) is 4.92. The molecule has 2 amide bonds. The average molecular weight is 328 g/mol. The molecule has 0 bridgehead atoms. The van der Waals surface area contributed by atoms with Crippen molar-refractivity contribution in [2.45, 2.75) is 31.8 Å². The van der Waals surface area contributed by atoms with Gasteiger partial charge in [0.25, 0.3) is 5.91 Å². The summed E-state index contributed by atoms with van der Waals surface area (Å²) in [7, 11) is 0. The van der Waals surface area contributed by atoms with Crippen LogP contribution in [-0.2, 0) is 4.79 Å². The SMILES string of the molecule is C[C@H](NC(=O)[C@@H]1CCCN1C(=O)c1cccs1)c1ccccc1. The normalized spacial score (nSPS) is 18.7. The summed E-state index contributed by atoms with van der Waals surface area (Å²) in [5.41, 5.74) is 1.06. The van der Waals surface area contributed by atoms with Crippen LogP contribution in [0.25, 0.3) is 0 Å². The molecule has 0 radical (unpaired) electrons. The maximum absolute atomic E-state index is 12.6. The molecule has 23 heavy (non-hydrogen) atoms. The number of nitrogens with zero attached hydrogens (tertiary/aromatic N) is 1. The van der Waals surface area contributed by atoms with E-state index < -0.39 is 0 Å². The number of nitrogens with one attached hydrogen (secondary N) is 1. The van der Waals surface area contributed by atoms with E-state index in [0.29, 0.717) is 11.4 Å². The second kappa shape index (κ2) is 6.96. The van der Waals surface area contributed by atoms with Crippen LogP contribution in [0.4, 0.5) is 0 Å². The number of carbonyl (C=O) groups excluding carboxylic acids is 2. The van der Waals surface area contributed by atoms with E-state index in [-0.39, 0.29) is 23.9 Å². The van der Waals surface area contributed by atoms with Gasteiger partial charge in [-0.05, 0) is 36.8 Å². The Labute approximate surface area is 140 Å². The van der Waals surface area contributed by atoms with Crippen LogP contribution in [-0.4, -0.2) is 29.3 Å². The second-order valence-corrected chi connectivity index (χ2v) is 6.72. The van der Waals surface area contributed by atoms with Crippen LogP contribution in [0.3, 0.4) is 0 Å². The molecule has 5 heteroatoms. The lowest BCUT2D eigenvalue weighted by Crippen LogP contribution is -2.46. The monoisotopic (exact) mass is 328 g/mol. The lowest BCUT2D eigenvalue weighted by atomic mass is 10.1. The molecule has 2 heterocycles. The fourth-order valence-electron chi connectivity index (χ4n) is 2.96. The van der Waals surface area contributed by atoms with Crippen molar-refractivity contribution in [3.05, 3.63) is 58.3 Å². The molecule has 1 aromatic carbocycles. The van der Waals surface area contributed by atoms with Crippen LogP contribution < -0.4 is 5.32 Å². The zero-order valence-electron chi connectivity index (χ0n) is 13.1. The van der Waals surface area contributed by atoms with Crippen molar-refractivity contribution in [2.24, 2.45) is 0 Å². The van der Waals surface area contributed by atoms with Crippen molar-refractivity contribution in [3.63, 3.8) is 0 Å². The minimum Gasteiger partial charge on any atom is -0.348 e. The fourth-order valence-corrected chi connectivity index (χ4v) is 3.64. The van der Waals surface area contributed by atoms with E-state index in [4.69, 9.17) is 0 Å². The first kappa shape index (κ1) is 15.7. The molecule has 2 aromatic rings. The van der Waals surface area contributed by atoms with Crippen LogP contribution in [0.1, 0.15) is 41.0 Å². The van der Waals surface area contributed by atoms with Crippen molar-refractivity contribution >= 4 is 23.2 Å². The van der Waals surface area contributed by atoms with Gasteiger partial charge >= 0.3 is 0 Å². The van der Waals surface area contributed by atoms with Crippen LogP contribution >= 0.6 is 11.3 Å². The minimum absolute atomic E-state index is 0.0370.